The zero-order chi connectivity index (χ0) is 12.8. The molecule has 94 valence electrons. The molecule has 0 radical (unpaired) electrons. The first-order chi connectivity index (χ1) is 8.79. The number of para-hydroxylation sites is 1. The first-order valence-electron chi connectivity index (χ1n) is 6.01. The Hall–Kier alpha value is -1.51. The largest absolute Gasteiger partial charge is 0.457 e. The van der Waals surface area contributed by atoms with E-state index in [-0.39, 0.29) is 0 Å². The molecular formula is C15H16ClNO. The number of aryl methyl sites for hydroxylation is 1. The van der Waals surface area contributed by atoms with Crippen LogP contribution in [-0.2, 0) is 6.42 Å². The first kappa shape index (κ1) is 12.9. The van der Waals surface area contributed by atoms with Crippen molar-refractivity contribution in [3.05, 3.63) is 59.1 Å². The molecular weight excluding hydrogens is 246 g/mol. The lowest BCUT2D eigenvalue weighted by Gasteiger charge is -2.10. The van der Waals surface area contributed by atoms with Gasteiger partial charge in [0.05, 0.1) is 0 Å². The van der Waals surface area contributed by atoms with Crippen molar-refractivity contribution in [3.8, 4) is 11.5 Å². The van der Waals surface area contributed by atoms with Crippen molar-refractivity contribution in [2.45, 2.75) is 12.8 Å². The molecule has 2 aromatic rings. The number of ether oxygens (including phenoxy) is 1. The lowest BCUT2D eigenvalue weighted by atomic mass is 10.1. The Balaban J connectivity index is 2.15. The van der Waals surface area contributed by atoms with Gasteiger partial charge < -0.3 is 10.5 Å². The number of hydrogen-bond donors (Lipinski definition) is 1. The van der Waals surface area contributed by atoms with E-state index in [0.29, 0.717) is 11.6 Å². The zero-order valence-corrected chi connectivity index (χ0v) is 10.9. The molecule has 0 aromatic heterocycles. The van der Waals surface area contributed by atoms with Gasteiger partial charge in [-0.25, -0.2) is 0 Å². The van der Waals surface area contributed by atoms with E-state index < -0.39 is 0 Å². The molecule has 0 aliphatic rings. The van der Waals surface area contributed by atoms with E-state index in [1.807, 2.05) is 42.5 Å². The highest BCUT2D eigenvalue weighted by molar-refractivity contribution is 6.30. The van der Waals surface area contributed by atoms with Crippen LogP contribution in [0.3, 0.4) is 0 Å². The Bertz CT molecular complexity index is 496. The Morgan fingerprint density at radius 2 is 1.72 bits per heavy atom. The van der Waals surface area contributed by atoms with Crippen LogP contribution in [0.25, 0.3) is 0 Å². The molecule has 0 unspecified atom stereocenters. The maximum absolute atomic E-state index is 5.86. The fourth-order valence-electron chi connectivity index (χ4n) is 1.73. The molecule has 0 atom stereocenters. The summed E-state index contributed by atoms with van der Waals surface area (Å²) in [6, 6.07) is 15.4. The van der Waals surface area contributed by atoms with Gasteiger partial charge in [0, 0.05) is 5.02 Å². The zero-order valence-electron chi connectivity index (χ0n) is 10.1. The van der Waals surface area contributed by atoms with E-state index >= 15 is 0 Å². The first-order valence-corrected chi connectivity index (χ1v) is 6.39. The van der Waals surface area contributed by atoms with E-state index in [0.717, 1.165) is 24.3 Å². The number of rotatable bonds is 5. The van der Waals surface area contributed by atoms with Crippen molar-refractivity contribution in [2.24, 2.45) is 5.73 Å². The van der Waals surface area contributed by atoms with Gasteiger partial charge in [-0.2, -0.15) is 0 Å². The van der Waals surface area contributed by atoms with Crippen LogP contribution in [0.1, 0.15) is 12.0 Å². The molecule has 18 heavy (non-hydrogen) atoms. The minimum Gasteiger partial charge on any atom is -0.457 e. The van der Waals surface area contributed by atoms with Gasteiger partial charge in [-0.05, 0) is 55.3 Å². The van der Waals surface area contributed by atoms with Crippen LogP contribution in [0.4, 0.5) is 0 Å². The summed E-state index contributed by atoms with van der Waals surface area (Å²) in [6.07, 6.45) is 1.89. The monoisotopic (exact) mass is 261 g/mol. The molecule has 2 aromatic carbocycles. The number of hydrogen-bond acceptors (Lipinski definition) is 2. The van der Waals surface area contributed by atoms with E-state index in [4.69, 9.17) is 22.1 Å². The summed E-state index contributed by atoms with van der Waals surface area (Å²) in [5.74, 6) is 1.67. The van der Waals surface area contributed by atoms with Gasteiger partial charge in [0.15, 0.2) is 0 Å². The van der Waals surface area contributed by atoms with E-state index in [2.05, 4.69) is 6.07 Å². The van der Waals surface area contributed by atoms with Crippen molar-refractivity contribution in [1.29, 1.82) is 0 Å². The van der Waals surface area contributed by atoms with Gasteiger partial charge >= 0.3 is 0 Å². The summed E-state index contributed by atoms with van der Waals surface area (Å²) in [5.41, 5.74) is 6.72. The molecule has 0 amide bonds. The predicted molar refractivity (Wildman–Crippen MR) is 75.3 cm³/mol. The van der Waals surface area contributed by atoms with Gasteiger partial charge in [0.25, 0.3) is 0 Å². The topological polar surface area (TPSA) is 35.2 Å². The van der Waals surface area contributed by atoms with Gasteiger partial charge in [-0.15, -0.1) is 0 Å². The van der Waals surface area contributed by atoms with Crippen molar-refractivity contribution in [2.75, 3.05) is 6.54 Å². The highest BCUT2D eigenvalue weighted by atomic mass is 35.5. The smallest absolute Gasteiger partial charge is 0.130 e. The highest BCUT2D eigenvalue weighted by Crippen LogP contribution is 2.26. The predicted octanol–water partition coefficient (Wildman–Crippen LogP) is 4.02. The molecule has 2 nitrogen and oxygen atoms in total. The van der Waals surface area contributed by atoms with Gasteiger partial charge in [-0.1, -0.05) is 29.8 Å². The maximum Gasteiger partial charge on any atom is 0.130 e. The third kappa shape index (κ3) is 3.49. The van der Waals surface area contributed by atoms with E-state index in [9.17, 15) is 0 Å². The van der Waals surface area contributed by atoms with Crippen molar-refractivity contribution in [3.63, 3.8) is 0 Å². The lowest BCUT2D eigenvalue weighted by molar-refractivity contribution is 0.475. The molecule has 3 heteroatoms. The summed E-state index contributed by atoms with van der Waals surface area (Å²) in [6.45, 7) is 0.690. The molecule has 0 saturated heterocycles. The van der Waals surface area contributed by atoms with Crippen LogP contribution in [0, 0.1) is 0 Å². The Morgan fingerprint density at radius 3 is 2.44 bits per heavy atom. The van der Waals surface area contributed by atoms with Gasteiger partial charge in [0.2, 0.25) is 0 Å². The van der Waals surface area contributed by atoms with Gasteiger partial charge in [-0.3, -0.25) is 0 Å². The molecule has 0 spiro atoms. The molecule has 2 N–H and O–H groups in total. The summed E-state index contributed by atoms with van der Waals surface area (Å²) in [5, 5.41) is 0.707. The van der Waals surface area contributed by atoms with E-state index in [1.165, 1.54) is 5.56 Å². The second-order valence-electron chi connectivity index (χ2n) is 4.06. The normalized spacial score (nSPS) is 10.3. The number of nitrogens with two attached hydrogens (primary N) is 1. The fraction of sp³-hybridized carbons (Fsp3) is 0.200. The second kappa shape index (κ2) is 6.43. The highest BCUT2D eigenvalue weighted by Gasteiger charge is 2.03. The molecule has 2 rings (SSSR count). The second-order valence-corrected chi connectivity index (χ2v) is 4.49. The molecule has 0 fully saturated rings. The molecule has 0 heterocycles. The van der Waals surface area contributed by atoms with Crippen molar-refractivity contribution < 1.29 is 4.74 Å². The Kier molecular flexibility index (Phi) is 4.62. The van der Waals surface area contributed by atoms with Crippen LogP contribution < -0.4 is 10.5 Å². The maximum atomic E-state index is 5.86. The quantitative estimate of drug-likeness (QED) is 0.882. The molecule has 0 saturated carbocycles. The van der Waals surface area contributed by atoms with Crippen LogP contribution in [0.5, 0.6) is 11.5 Å². The van der Waals surface area contributed by atoms with Crippen LogP contribution >= 0.6 is 11.6 Å². The third-order valence-electron chi connectivity index (χ3n) is 2.66. The fourth-order valence-corrected chi connectivity index (χ4v) is 1.86. The Morgan fingerprint density at radius 1 is 1.00 bits per heavy atom. The summed E-state index contributed by atoms with van der Waals surface area (Å²) < 4.78 is 5.86. The average Bonchev–Trinajstić information content (AvgIpc) is 2.40. The summed E-state index contributed by atoms with van der Waals surface area (Å²) in [4.78, 5) is 0. The number of benzene rings is 2. The van der Waals surface area contributed by atoms with E-state index in [1.54, 1.807) is 0 Å². The van der Waals surface area contributed by atoms with Crippen molar-refractivity contribution in [1.82, 2.24) is 0 Å². The van der Waals surface area contributed by atoms with Crippen LogP contribution in [0.15, 0.2) is 48.5 Å². The average molecular weight is 262 g/mol. The third-order valence-corrected chi connectivity index (χ3v) is 2.92. The molecule has 0 aliphatic heterocycles. The molecule has 0 aliphatic carbocycles. The summed E-state index contributed by atoms with van der Waals surface area (Å²) >= 11 is 5.85. The standard InChI is InChI=1S/C15H16ClNO/c16-13-7-9-14(10-8-13)18-15-6-2-1-4-12(15)5-3-11-17/h1-2,4,6-10H,3,5,11,17H2. The van der Waals surface area contributed by atoms with Crippen LogP contribution in [-0.4, -0.2) is 6.54 Å². The lowest BCUT2D eigenvalue weighted by Crippen LogP contribution is -2.01. The number of halogens is 1. The summed E-state index contributed by atoms with van der Waals surface area (Å²) in [7, 11) is 0. The Labute approximate surface area is 112 Å². The van der Waals surface area contributed by atoms with Crippen LogP contribution in [0.2, 0.25) is 5.02 Å². The minimum atomic E-state index is 0.690. The van der Waals surface area contributed by atoms with Gasteiger partial charge in [0.1, 0.15) is 11.5 Å². The van der Waals surface area contributed by atoms with Crippen molar-refractivity contribution >= 4 is 11.6 Å². The molecule has 0 bridgehead atoms. The minimum absolute atomic E-state index is 0.690. The SMILES string of the molecule is NCCCc1ccccc1Oc1ccc(Cl)cc1.